The molecule has 0 atom stereocenters. The number of azo groups is 1. The van der Waals surface area contributed by atoms with Crippen LogP contribution in [-0.4, -0.2) is 53.9 Å². The van der Waals surface area contributed by atoms with E-state index in [-0.39, 0.29) is 11.6 Å². The molecule has 1 saturated heterocycles. The highest BCUT2D eigenvalue weighted by Crippen LogP contribution is 2.40. The summed E-state index contributed by atoms with van der Waals surface area (Å²) in [6, 6.07) is 12.3. The van der Waals surface area contributed by atoms with Crippen LogP contribution < -0.4 is 4.74 Å². The van der Waals surface area contributed by atoms with E-state index in [4.69, 9.17) is 9.47 Å². The molecule has 1 fully saturated rings. The van der Waals surface area contributed by atoms with Gasteiger partial charge in [-0.05, 0) is 42.5 Å². The van der Waals surface area contributed by atoms with Crippen molar-refractivity contribution in [3.05, 3.63) is 52.5 Å². The molecule has 1 aliphatic heterocycles. The van der Waals surface area contributed by atoms with Crippen molar-refractivity contribution in [2.45, 2.75) is 6.67 Å². The summed E-state index contributed by atoms with van der Waals surface area (Å²) in [6.45, 7) is 3.38. The second-order valence-corrected chi connectivity index (χ2v) is 7.78. The lowest BCUT2D eigenvalue weighted by atomic mass is 10.2. The van der Waals surface area contributed by atoms with Gasteiger partial charge in [0.15, 0.2) is 5.69 Å². The Kier molecular flexibility index (Phi) is 6.12. The third-order valence-corrected chi connectivity index (χ3v) is 5.49. The van der Waals surface area contributed by atoms with Crippen LogP contribution in [-0.2, 0) is 11.4 Å². The van der Waals surface area contributed by atoms with E-state index in [1.807, 2.05) is 18.2 Å². The summed E-state index contributed by atoms with van der Waals surface area (Å²) < 4.78 is 13.1. The Hall–Kier alpha value is -2.75. The number of benzene rings is 2. The molecule has 30 heavy (non-hydrogen) atoms. The van der Waals surface area contributed by atoms with Gasteiger partial charge < -0.3 is 14.6 Å². The van der Waals surface area contributed by atoms with Crippen molar-refractivity contribution in [3.8, 4) is 11.6 Å². The minimum atomic E-state index is -0.499. The number of carbonyl (C=O) groups is 1. The zero-order valence-electron chi connectivity index (χ0n) is 16.4. The zero-order chi connectivity index (χ0) is 21.1. The van der Waals surface area contributed by atoms with E-state index in [2.05, 4.69) is 31.1 Å². The molecule has 1 aromatic heterocycles. The predicted octanol–water partition coefficient (Wildman–Crippen LogP) is 4.33. The molecule has 0 aliphatic carbocycles. The molecule has 0 saturated carbocycles. The Morgan fingerprint density at radius 1 is 1.20 bits per heavy atom. The van der Waals surface area contributed by atoms with Crippen molar-refractivity contribution < 1.29 is 19.4 Å². The van der Waals surface area contributed by atoms with Gasteiger partial charge in [0.05, 0.1) is 32.5 Å². The summed E-state index contributed by atoms with van der Waals surface area (Å²) in [5, 5.41) is 19.6. The molecule has 8 nitrogen and oxygen atoms in total. The number of nitrogens with zero attached hydrogens (tertiary/aromatic N) is 4. The van der Waals surface area contributed by atoms with Crippen molar-refractivity contribution in [2.75, 3.05) is 33.4 Å². The van der Waals surface area contributed by atoms with Crippen LogP contribution in [0, 0.1) is 0 Å². The second-order valence-electron chi connectivity index (χ2n) is 6.87. The Morgan fingerprint density at radius 2 is 1.93 bits per heavy atom. The number of hydrogen-bond acceptors (Lipinski definition) is 6. The third kappa shape index (κ3) is 4.23. The summed E-state index contributed by atoms with van der Waals surface area (Å²) >= 11 is 3.46. The first-order chi connectivity index (χ1) is 14.6. The molecule has 3 aromatic rings. The second kappa shape index (κ2) is 8.95. The number of halogens is 1. The molecule has 2 aromatic carbocycles. The van der Waals surface area contributed by atoms with Gasteiger partial charge in [-0.2, -0.15) is 0 Å². The third-order valence-electron chi connectivity index (χ3n) is 4.99. The van der Waals surface area contributed by atoms with E-state index >= 15 is 0 Å². The van der Waals surface area contributed by atoms with Crippen molar-refractivity contribution in [1.82, 2.24) is 9.47 Å². The number of rotatable bonds is 5. The van der Waals surface area contributed by atoms with Crippen LogP contribution in [0.2, 0.25) is 0 Å². The summed E-state index contributed by atoms with van der Waals surface area (Å²) in [7, 11) is 1.56. The van der Waals surface area contributed by atoms with Gasteiger partial charge in [0, 0.05) is 28.5 Å². The number of ether oxygens (including phenoxy) is 2. The molecule has 1 aliphatic rings. The van der Waals surface area contributed by atoms with Crippen molar-refractivity contribution in [3.63, 3.8) is 0 Å². The average molecular weight is 473 g/mol. The maximum absolute atomic E-state index is 12.4. The number of hydrogen-bond donors (Lipinski definition) is 1. The van der Waals surface area contributed by atoms with Gasteiger partial charge in [-0.25, -0.2) is 0 Å². The van der Waals surface area contributed by atoms with Gasteiger partial charge in [0.2, 0.25) is 5.88 Å². The number of aromatic nitrogens is 1. The predicted molar refractivity (Wildman–Crippen MR) is 116 cm³/mol. The van der Waals surface area contributed by atoms with Crippen LogP contribution in [0.4, 0.5) is 5.69 Å². The Morgan fingerprint density at radius 3 is 2.63 bits per heavy atom. The van der Waals surface area contributed by atoms with Gasteiger partial charge in [-0.3, -0.25) is 14.3 Å². The van der Waals surface area contributed by atoms with Crippen molar-refractivity contribution >= 4 is 38.4 Å². The largest absolute Gasteiger partial charge is 0.497 e. The van der Waals surface area contributed by atoms with Crippen LogP contribution in [0.25, 0.3) is 10.9 Å². The molecule has 2 heterocycles. The van der Waals surface area contributed by atoms with Crippen LogP contribution in [0.1, 0.15) is 10.4 Å². The summed E-state index contributed by atoms with van der Waals surface area (Å²) in [5.74, 6) is 0.124. The first-order valence-electron chi connectivity index (χ1n) is 9.48. The fourth-order valence-electron chi connectivity index (χ4n) is 3.37. The number of fused-ring (bicyclic) bond motifs is 1. The van der Waals surface area contributed by atoms with E-state index in [1.54, 1.807) is 35.9 Å². The highest BCUT2D eigenvalue weighted by atomic mass is 79.9. The molecule has 0 spiro atoms. The molecule has 9 heteroatoms. The van der Waals surface area contributed by atoms with Gasteiger partial charge in [-0.15, -0.1) is 10.2 Å². The number of amides is 1. The summed E-state index contributed by atoms with van der Waals surface area (Å²) in [4.78, 5) is 14.6. The minimum Gasteiger partial charge on any atom is -0.497 e. The number of aromatic hydroxyl groups is 1. The smallest absolute Gasteiger partial charge is 0.295 e. The molecular weight excluding hydrogens is 452 g/mol. The quantitative estimate of drug-likeness (QED) is 0.558. The lowest BCUT2D eigenvalue weighted by Gasteiger charge is -2.27. The van der Waals surface area contributed by atoms with Crippen LogP contribution >= 0.6 is 15.9 Å². The monoisotopic (exact) mass is 472 g/mol. The first-order valence-corrected chi connectivity index (χ1v) is 10.3. The zero-order valence-corrected chi connectivity index (χ0v) is 18.0. The van der Waals surface area contributed by atoms with Crippen molar-refractivity contribution in [2.24, 2.45) is 10.2 Å². The molecule has 0 radical (unpaired) electrons. The van der Waals surface area contributed by atoms with Gasteiger partial charge in [0.25, 0.3) is 5.91 Å². The Bertz CT molecular complexity index is 1090. The highest BCUT2D eigenvalue weighted by Gasteiger charge is 2.20. The van der Waals surface area contributed by atoms with Gasteiger partial charge in [0.1, 0.15) is 5.75 Å². The molecule has 4 rings (SSSR count). The topological polar surface area (TPSA) is 88.7 Å². The minimum absolute atomic E-state index is 0.0270. The SMILES string of the molecule is COc1ccc(C(=O)N=Nc2c(O)n(CN3CCOCC3)c3ccc(Br)cc23)cc1. The lowest BCUT2D eigenvalue weighted by molar-refractivity contribution is 0.0231. The Labute approximate surface area is 181 Å². The van der Waals surface area contributed by atoms with Crippen LogP contribution in [0.5, 0.6) is 11.6 Å². The number of morpholine rings is 1. The molecular formula is C21H21BrN4O4. The van der Waals surface area contributed by atoms with E-state index in [0.717, 1.165) is 23.1 Å². The lowest BCUT2D eigenvalue weighted by Crippen LogP contribution is -2.37. The summed E-state index contributed by atoms with van der Waals surface area (Å²) in [5.41, 5.74) is 1.46. The maximum Gasteiger partial charge on any atom is 0.295 e. The number of carbonyl (C=O) groups excluding carboxylic acids is 1. The number of methoxy groups -OCH3 is 1. The molecule has 1 amide bonds. The standard InChI is InChI=1S/C21H21BrN4O4/c1-29-16-5-2-14(3-6-16)20(27)24-23-19-17-12-15(22)4-7-18(17)26(21(19)28)13-25-8-10-30-11-9-25/h2-7,12,28H,8-11,13H2,1H3. The average Bonchev–Trinajstić information content (AvgIpc) is 3.03. The van der Waals surface area contributed by atoms with E-state index < -0.39 is 5.91 Å². The molecule has 0 unspecified atom stereocenters. The van der Waals surface area contributed by atoms with Crippen molar-refractivity contribution in [1.29, 1.82) is 0 Å². The highest BCUT2D eigenvalue weighted by molar-refractivity contribution is 9.10. The van der Waals surface area contributed by atoms with E-state index in [9.17, 15) is 9.90 Å². The van der Waals surface area contributed by atoms with Gasteiger partial charge in [-0.1, -0.05) is 15.9 Å². The summed E-state index contributed by atoms with van der Waals surface area (Å²) in [6.07, 6.45) is 0. The van der Waals surface area contributed by atoms with E-state index in [0.29, 0.717) is 36.6 Å². The molecule has 1 N–H and O–H groups in total. The van der Waals surface area contributed by atoms with Gasteiger partial charge >= 0.3 is 0 Å². The fraction of sp³-hybridized carbons (Fsp3) is 0.286. The first kappa shape index (κ1) is 20.5. The normalized spacial score (nSPS) is 15.1. The van der Waals surface area contributed by atoms with E-state index in [1.165, 1.54) is 0 Å². The fourth-order valence-corrected chi connectivity index (χ4v) is 3.73. The Balaban J connectivity index is 1.66. The van der Waals surface area contributed by atoms with Crippen LogP contribution in [0.15, 0.2) is 57.2 Å². The molecule has 0 bridgehead atoms. The molecule has 156 valence electrons. The van der Waals surface area contributed by atoms with Crippen LogP contribution in [0.3, 0.4) is 0 Å². The maximum atomic E-state index is 12.4.